The van der Waals surface area contributed by atoms with Crippen molar-refractivity contribution in [3.05, 3.63) is 65.7 Å². The number of hydrogen-bond acceptors (Lipinski definition) is 3. The van der Waals surface area contributed by atoms with Gasteiger partial charge in [-0.1, -0.05) is 42.5 Å². The van der Waals surface area contributed by atoms with Gasteiger partial charge in [0.1, 0.15) is 0 Å². The molecule has 0 aromatic heterocycles. The Morgan fingerprint density at radius 1 is 1.00 bits per heavy atom. The summed E-state index contributed by atoms with van der Waals surface area (Å²) in [5, 5.41) is 14.5. The number of aliphatic hydroxyl groups excluding tert-OH is 1. The van der Waals surface area contributed by atoms with Gasteiger partial charge >= 0.3 is 11.8 Å². The van der Waals surface area contributed by atoms with E-state index in [2.05, 4.69) is 10.6 Å². The molecule has 5 nitrogen and oxygen atoms in total. The van der Waals surface area contributed by atoms with E-state index in [1.54, 1.807) is 12.1 Å². The first kappa shape index (κ1) is 18.7. The van der Waals surface area contributed by atoms with E-state index < -0.39 is 11.8 Å². The zero-order valence-electron chi connectivity index (χ0n) is 14.4. The van der Waals surface area contributed by atoms with Gasteiger partial charge in [0.25, 0.3) is 0 Å². The fourth-order valence-electron chi connectivity index (χ4n) is 2.71. The van der Waals surface area contributed by atoms with Crippen LogP contribution in [0.3, 0.4) is 0 Å². The molecule has 0 spiro atoms. The molecule has 0 radical (unpaired) electrons. The number of aliphatic hydroxyl groups is 1. The Bertz CT molecular complexity index is 701. The van der Waals surface area contributed by atoms with Gasteiger partial charge in [0.15, 0.2) is 0 Å². The SMILES string of the molecule is Cc1cccc(NC(=O)C(=O)NCC[C@H](CCO)c2ccccc2)c1. The van der Waals surface area contributed by atoms with E-state index in [9.17, 15) is 14.7 Å². The van der Waals surface area contributed by atoms with Crippen LogP contribution in [0.5, 0.6) is 0 Å². The molecule has 2 rings (SSSR count). The molecule has 0 bridgehead atoms. The molecule has 2 amide bonds. The zero-order chi connectivity index (χ0) is 18.1. The van der Waals surface area contributed by atoms with Crippen LogP contribution in [0.15, 0.2) is 54.6 Å². The number of rotatable bonds is 7. The molecule has 0 aliphatic heterocycles. The van der Waals surface area contributed by atoms with Crippen molar-refractivity contribution in [3.63, 3.8) is 0 Å². The average molecular weight is 340 g/mol. The molecule has 1 atom stereocenters. The fourth-order valence-corrected chi connectivity index (χ4v) is 2.71. The van der Waals surface area contributed by atoms with Gasteiger partial charge in [-0.3, -0.25) is 9.59 Å². The molecule has 0 saturated carbocycles. The topological polar surface area (TPSA) is 78.4 Å². The second-order valence-corrected chi connectivity index (χ2v) is 5.99. The van der Waals surface area contributed by atoms with Crippen LogP contribution in [0.1, 0.15) is 29.9 Å². The Hall–Kier alpha value is -2.66. The van der Waals surface area contributed by atoms with Crippen molar-refractivity contribution in [1.82, 2.24) is 5.32 Å². The van der Waals surface area contributed by atoms with E-state index >= 15 is 0 Å². The van der Waals surface area contributed by atoms with Crippen LogP contribution in [-0.2, 0) is 9.59 Å². The lowest BCUT2D eigenvalue weighted by Gasteiger charge is -2.16. The van der Waals surface area contributed by atoms with E-state index in [1.807, 2.05) is 49.4 Å². The Morgan fingerprint density at radius 2 is 1.76 bits per heavy atom. The van der Waals surface area contributed by atoms with E-state index in [0.29, 0.717) is 25.1 Å². The van der Waals surface area contributed by atoms with Crippen LogP contribution in [0.25, 0.3) is 0 Å². The summed E-state index contributed by atoms with van der Waals surface area (Å²) in [6.07, 6.45) is 1.28. The minimum absolute atomic E-state index is 0.0847. The third-order valence-electron chi connectivity index (χ3n) is 4.01. The van der Waals surface area contributed by atoms with Gasteiger partial charge in [0.05, 0.1) is 0 Å². The first-order valence-electron chi connectivity index (χ1n) is 8.42. The molecule has 5 heteroatoms. The van der Waals surface area contributed by atoms with Crippen LogP contribution in [0.2, 0.25) is 0 Å². The van der Waals surface area contributed by atoms with Gasteiger partial charge < -0.3 is 15.7 Å². The highest BCUT2D eigenvalue weighted by atomic mass is 16.3. The smallest absolute Gasteiger partial charge is 0.313 e. The highest BCUT2D eigenvalue weighted by Gasteiger charge is 2.15. The first-order valence-corrected chi connectivity index (χ1v) is 8.42. The predicted molar refractivity (Wildman–Crippen MR) is 98.3 cm³/mol. The third kappa shape index (κ3) is 6.04. The first-order chi connectivity index (χ1) is 12.1. The molecule has 0 fully saturated rings. The predicted octanol–water partition coefficient (Wildman–Crippen LogP) is 2.61. The van der Waals surface area contributed by atoms with Crippen molar-refractivity contribution in [2.75, 3.05) is 18.5 Å². The number of amides is 2. The summed E-state index contributed by atoms with van der Waals surface area (Å²) in [7, 11) is 0. The molecular weight excluding hydrogens is 316 g/mol. The molecule has 0 aliphatic rings. The lowest BCUT2D eigenvalue weighted by molar-refractivity contribution is -0.136. The van der Waals surface area contributed by atoms with Crippen molar-refractivity contribution in [2.24, 2.45) is 0 Å². The Kier molecular flexibility index (Phi) is 7.16. The monoisotopic (exact) mass is 340 g/mol. The van der Waals surface area contributed by atoms with Gasteiger partial charge in [0, 0.05) is 18.8 Å². The Labute approximate surface area is 148 Å². The highest BCUT2D eigenvalue weighted by Crippen LogP contribution is 2.22. The molecule has 0 aliphatic carbocycles. The minimum atomic E-state index is -0.677. The summed E-state index contributed by atoms with van der Waals surface area (Å²) < 4.78 is 0. The van der Waals surface area contributed by atoms with Crippen molar-refractivity contribution in [2.45, 2.75) is 25.7 Å². The normalized spacial score (nSPS) is 11.6. The maximum atomic E-state index is 11.9. The molecule has 0 unspecified atom stereocenters. The maximum absolute atomic E-state index is 11.9. The summed E-state index contributed by atoms with van der Waals surface area (Å²) in [5.74, 6) is -1.19. The van der Waals surface area contributed by atoms with Crippen molar-refractivity contribution in [1.29, 1.82) is 0 Å². The van der Waals surface area contributed by atoms with E-state index in [1.165, 1.54) is 0 Å². The summed E-state index contributed by atoms with van der Waals surface area (Å²) in [5.41, 5.74) is 2.73. The number of carbonyl (C=O) groups excluding carboxylic acids is 2. The van der Waals surface area contributed by atoms with Gasteiger partial charge in [-0.25, -0.2) is 0 Å². The van der Waals surface area contributed by atoms with Crippen LogP contribution in [-0.4, -0.2) is 30.1 Å². The molecule has 2 aromatic rings. The van der Waals surface area contributed by atoms with Gasteiger partial charge in [0.2, 0.25) is 0 Å². The standard InChI is InChI=1S/C20H24N2O3/c1-15-6-5-9-18(14-15)22-20(25)19(24)21-12-10-17(11-13-23)16-7-3-2-4-8-16/h2-9,14,17,23H,10-13H2,1H3,(H,21,24)(H,22,25)/t17-/m1/s1. The molecule has 25 heavy (non-hydrogen) atoms. The van der Waals surface area contributed by atoms with Crippen molar-refractivity contribution in [3.8, 4) is 0 Å². The Balaban J connectivity index is 1.83. The number of anilines is 1. The number of aryl methyl sites for hydroxylation is 1. The van der Waals surface area contributed by atoms with Gasteiger partial charge in [-0.05, 0) is 48.9 Å². The summed E-state index contributed by atoms with van der Waals surface area (Å²) in [6.45, 7) is 2.38. The van der Waals surface area contributed by atoms with E-state index in [-0.39, 0.29) is 12.5 Å². The van der Waals surface area contributed by atoms with Crippen LogP contribution >= 0.6 is 0 Å². The second kappa shape index (κ2) is 9.59. The molecule has 3 N–H and O–H groups in total. The number of nitrogens with one attached hydrogen (secondary N) is 2. The lowest BCUT2D eigenvalue weighted by Crippen LogP contribution is -2.36. The van der Waals surface area contributed by atoms with Crippen molar-refractivity contribution < 1.29 is 14.7 Å². The minimum Gasteiger partial charge on any atom is -0.396 e. The fraction of sp³-hybridized carbons (Fsp3) is 0.300. The quantitative estimate of drug-likeness (QED) is 0.678. The highest BCUT2D eigenvalue weighted by molar-refractivity contribution is 6.39. The van der Waals surface area contributed by atoms with Gasteiger partial charge in [-0.2, -0.15) is 0 Å². The Morgan fingerprint density at radius 3 is 2.44 bits per heavy atom. The maximum Gasteiger partial charge on any atom is 0.313 e. The van der Waals surface area contributed by atoms with E-state index in [0.717, 1.165) is 11.1 Å². The van der Waals surface area contributed by atoms with E-state index in [4.69, 9.17) is 0 Å². The number of carbonyl (C=O) groups is 2. The molecule has 132 valence electrons. The number of benzene rings is 2. The number of hydrogen-bond donors (Lipinski definition) is 3. The molecule has 0 saturated heterocycles. The summed E-state index contributed by atoms with van der Waals surface area (Å²) in [4.78, 5) is 23.9. The van der Waals surface area contributed by atoms with Crippen LogP contribution < -0.4 is 10.6 Å². The molecule has 0 heterocycles. The van der Waals surface area contributed by atoms with Crippen LogP contribution in [0.4, 0.5) is 5.69 Å². The second-order valence-electron chi connectivity index (χ2n) is 5.99. The van der Waals surface area contributed by atoms with Gasteiger partial charge in [-0.15, -0.1) is 0 Å². The van der Waals surface area contributed by atoms with Crippen LogP contribution in [0, 0.1) is 6.92 Å². The average Bonchev–Trinajstić information content (AvgIpc) is 2.61. The zero-order valence-corrected chi connectivity index (χ0v) is 14.4. The molecule has 2 aromatic carbocycles. The summed E-state index contributed by atoms with van der Waals surface area (Å²) >= 11 is 0. The molecular formula is C20H24N2O3. The summed E-state index contributed by atoms with van der Waals surface area (Å²) in [6, 6.07) is 17.1. The largest absolute Gasteiger partial charge is 0.396 e. The third-order valence-corrected chi connectivity index (χ3v) is 4.01. The van der Waals surface area contributed by atoms with Crippen molar-refractivity contribution >= 4 is 17.5 Å². The lowest BCUT2D eigenvalue weighted by atomic mass is 9.93.